The van der Waals surface area contributed by atoms with Crippen molar-refractivity contribution in [1.29, 1.82) is 0 Å². The summed E-state index contributed by atoms with van der Waals surface area (Å²) in [6, 6.07) is 7.23. The number of carboxylic acid groups (broad SMARTS) is 1. The molecule has 1 fully saturated rings. The van der Waals surface area contributed by atoms with Gasteiger partial charge in [-0.05, 0) is 23.6 Å². The summed E-state index contributed by atoms with van der Waals surface area (Å²) in [6.45, 7) is 4.85. The Balaban J connectivity index is 2.14. The average Bonchev–Trinajstić information content (AvgIpc) is 2.93. The van der Waals surface area contributed by atoms with Crippen molar-refractivity contribution in [2.24, 2.45) is 11.8 Å². The fraction of sp³-hybridized carbons (Fsp3) is 0.529. The predicted octanol–water partition coefficient (Wildman–Crippen LogP) is 3.40. The number of aliphatic carboxylic acids is 1. The van der Waals surface area contributed by atoms with E-state index in [-0.39, 0.29) is 18.4 Å². The Morgan fingerprint density at radius 1 is 1.32 bits per heavy atom. The first-order chi connectivity index (χ1) is 10.4. The summed E-state index contributed by atoms with van der Waals surface area (Å²) in [5, 5.41) is 10.1. The molecule has 2 rings (SSSR count). The highest BCUT2D eigenvalue weighted by Gasteiger charge is 2.40. The van der Waals surface area contributed by atoms with Gasteiger partial charge in [0.2, 0.25) is 5.91 Å². The Morgan fingerprint density at radius 3 is 2.50 bits per heavy atom. The highest BCUT2D eigenvalue weighted by atomic mass is 35.5. The maximum atomic E-state index is 12.3. The Morgan fingerprint density at radius 2 is 1.95 bits per heavy atom. The van der Waals surface area contributed by atoms with E-state index in [9.17, 15) is 14.7 Å². The van der Waals surface area contributed by atoms with Crippen molar-refractivity contribution in [3.05, 3.63) is 34.9 Å². The zero-order chi connectivity index (χ0) is 16.3. The minimum absolute atomic E-state index is 0.0528. The molecule has 1 aromatic carbocycles. The van der Waals surface area contributed by atoms with E-state index in [2.05, 4.69) is 6.92 Å². The molecule has 1 N–H and O–H groups in total. The maximum Gasteiger partial charge on any atom is 0.308 e. The largest absolute Gasteiger partial charge is 0.481 e. The molecule has 0 spiro atoms. The molecule has 5 heteroatoms. The summed E-state index contributed by atoms with van der Waals surface area (Å²) in [6.07, 6.45) is 1.43. The van der Waals surface area contributed by atoms with Crippen LogP contribution in [0.2, 0.25) is 5.02 Å². The number of carbonyl (C=O) groups excluding carboxylic acids is 1. The monoisotopic (exact) mass is 323 g/mol. The lowest BCUT2D eigenvalue weighted by Gasteiger charge is -2.18. The van der Waals surface area contributed by atoms with Gasteiger partial charge in [-0.15, -0.1) is 0 Å². The van der Waals surface area contributed by atoms with Crippen LogP contribution in [0, 0.1) is 11.8 Å². The Bertz CT molecular complexity index is 543. The number of benzene rings is 1. The normalized spacial score (nSPS) is 22.6. The van der Waals surface area contributed by atoms with Gasteiger partial charge in [-0.25, -0.2) is 0 Å². The SMILES string of the molecule is CCC(C)CC(=O)N1C[C@@H](C(=O)O)[C@H](c2ccc(Cl)cc2)C1. The lowest BCUT2D eigenvalue weighted by atomic mass is 9.89. The van der Waals surface area contributed by atoms with Crippen molar-refractivity contribution >= 4 is 23.5 Å². The van der Waals surface area contributed by atoms with E-state index in [4.69, 9.17) is 11.6 Å². The molecule has 1 aromatic rings. The lowest BCUT2D eigenvalue weighted by molar-refractivity contribution is -0.141. The van der Waals surface area contributed by atoms with E-state index in [1.54, 1.807) is 17.0 Å². The predicted molar refractivity (Wildman–Crippen MR) is 86.0 cm³/mol. The molecule has 1 saturated heterocycles. The van der Waals surface area contributed by atoms with Crippen molar-refractivity contribution in [2.75, 3.05) is 13.1 Å². The number of nitrogens with zero attached hydrogens (tertiary/aromatic N) is 1. The molecule has 0 radical (unpaired) electrons. The van der Waals surface area contributed by atoms with Crippen molar-refractivity contribution < 1.29 is 14.7 Å². The summed E-state index contributed by atoms with van der Waals surface area (Å²) in [7, 11) is 0. The van der Waals surface area contributed by atoms with Gasteiger partial charge < -0.3 is 10.0 Å². The second-order valence-corrected chi connectivity index (χ2v) is 6.56. The third-order valence-corrected chi connectivity index (χ3v) is 4.76. The number of halogens is 1. The van der Waals surface area contributed by atoms with Gasteiger partial charge in [-0.2, -0.15) is 0 Å². The third-order valence-electron chi connectivity index (χ3n) is 4.51. The molecule has 4 nitrogen and oxygen atoms in total. The van der Waals surface area contributed by atoms with E-state index in [0.717, 1.165) is 12.0 Å². The number of amides is 1. The Kier molecular flexibility index (Phi) is 5.46. The first-order valence-corrected chi connectivity index (χ1v) is 8.06. The smallest absolute Gasteiger partial charge is 0.308 e. The molecule has 0 aromatic heterocycles. The quantitative estimate of drug-likeness (QED) is 0.903. The van der Waals surface area contributed by atoms with Gasteiger partial charge in [0.15, 0.2) is 0 Å². The van der Waals surface area contributed by atoms with Gasteiger partial charge in [0.1, 0.15) is 0 Å². The number of likely N-dealkylation sites (tertiary alicyclic amines) is 1. The van der Waals surface area contributed by atoms with Gasteiger partial charge >= 0.3 is 5.97 Å². The number of carbonyl (C=O) groups is 2. The lowest BCUT2D eigenvalue weighted by Crippen LogP contribution is -2.30. The van der Waals surface area contributed by atoms with Crippen LogP contribution in [0.4, 0.5) is 0 Å². The molecule has 22 heavy (non-hydrogen) atoms. The van der Waals surface area contributed by atoms with Crippen LogP contribution in [0.1, 0.15) is 38.2 Å². The Labute approximate surface area is 136 Å². The molecule has 1 unspecified atom stereocenters. The van der Waals surface area contributed by atoms with Crippen LogP contribution in [0.25, 0.3) is 0 Å². The minimum Gasteiger partial charge on any atom is -0.481 e. The molecular weight excluding hydrogens is 302 g/mol. The van der Waals surface area contributed by atoms with E-state index >= 15 is 0 Å². The molecule has 1 aliphatic rings. The first kappa shape index (κ1) is 16.8. The number of carboxylic acids is 1. The van der Waals surface area contributed by atoms with Crippen LogP contribution in [-0.4, -0.2) is 35.0 Å². The number of rotatable bonds is 5. The van der Waals surface area contributed by atoms with Gasteiger partial charge in [-0.3, -0.25) is 9.59 Å². The maximum absolute atomic E-state index is 12.3. The highest BCUT2D eigenvalue weighted by Crippen LogP contribution is 2.34. The van der Waals surface area contributed by atoms with Crippen molar-refractivity contribution in [2.45, 2.75) is 32.6 Å². The molecule has 0 aliphatic carbocycles. The summed E-state index contributed by atoms with van der Waals surface area (Å²) in [5.41, 5.74) is 0.927. The highest BCUT2D eigenvalue weighted by molar-refractivity contribution is 6.30. The van der Waals surface area contributed by atoms with Crippen LogP contribution in [0.3, 0.4) is 0 Å². The third kappa shape index (κ3) is 3.80. The van der Waals surface area contributed by atoms with Crippen LogP contribution >= 0.6 is 11.6 Å². The standard InChI is InChI=1S/C17H22ClNO3/c1-3-11(2)8-16(20)19-9-14(15(10-19)17(21)22)12-4-6-13(18)7-5-12/h4-7,11,14-15H,3,8-10H2,1-2H3,(H,21,22)/t11?,14-,15+/m0/s1. The topological polar surface area (TPSA) is 57.6 Å². The zero-order valence-corrected chi connectivity index (χ0v) is 13.7. The molecule has 0 saturated carbocycles. The van der Waals surface area contributed by atoms with E-state index in [1.807, 2.05) is 19.1 Å². The average molecular weight is 324 g/mol. The zero-order valence-electron chi connectivity index (χ0n) is 13.0. The minimum atomic E-state index is -0.848. The fourth-order valence-corrected chi connectivity index (χ4v) is 3.00. The van der Waals surface area contributed by atoms with Crippen molar-refractivity contribution in [1.82, 2.24) is 4.90 Å². The van der Waals surface area contributed by atoms with Crippen molar-refractivity contribution in [3.8, 4) is 0 Å². The van der Waals surface area contributed by atoms with E-state index in [1.165, 1.54) is 0 Å². The summed E-state index contributed by atoms with van der Waals surface area (Å²) in [5.74, 6) is -1.20. The second kappa shape index (κ2) is 7.14. The molecular formula is C17H22ClNO3. The fourth-order valence-electron chi connectivity index (χ4n) is 2.88. The molecule has 1 amide bonds. The van der Waals surface area contributed by atoms with Gasteiger partial charge in [0, 0.05) is 30.5 Å². The van der Waals surface area contributed by atoms with E-state index < -0.39 is 11.9 Å². The number of hydrogen-bond donors (Lipinski definition) is 1. The molecule has 1 aliphatic heterocycles. The molecule has 120 valence electrons. The van der Waals surface area contributed by atoms with Crippen LogP contribution in [0.15, 0.2) is 24.3 Å². The van der Waals surface area contributed by atoms with Crippen LogP contribution < -0.4 is 0 Å². The molecule has 3 atom stereocenters. The van der Waals surface area contributed by atoms with Crippen LogP contribution in [0.5, 0.6) is 0 Å². The van der Waals surface area contributed by atoms with Crippen molar-refractivity contribution in [3.63, 3.8) is 0 Å². The molecule has 1 heterocycles. The van der Waals surface area contributed by atoms with Gasteiger partial charge in [0.05, 0.1) is 5.92 Å². The Hall–Kier alpha value is -1.55. The van der Waals surface area contributed by atoms with Crippen LogP contribution in [-0.2, 0) is 9.59 Å². The first-order valence-electron chi connectivity index (χ1n) is 7.68. The summed E-state index contributed by atoms with van der Waals surface area (Å²) < 4.78 is 0. The molecule has 0 bridgehead atoms. The van der Waals surface area contributed by atoms with Gasteiger partial charge in [0.25, 0.3) is 0 Å². The summed E-state index contributed by atoms with van der Waals surface area (Å²) >= 11 is 5.89. The number of hydrogen-bond acceptors (Lipinski definition) is 2. The van der Waals surface area contributed by atoms with Gasteiger partial charge in [-0.1, -0.05) is 44.0 Å². The summed E-state index contributed by atoms with van der Waals surface area (Å²) in [4.78, 5) is 25.6. The van der Waals surface area contributed by atoms with E-state index in [0.29, 0.717) is 23.9 Å². The second-order valence-electron chi connectivity index (χ2n) is 6.12.